The van der Waals surface area contributed by atoms with Crippen LogP contribution in [-0.2, 0) is 21.3 Å². The van der Waals surface area contributed by atoms with Gasteiger partial charge in [-0.3, -0.25) is 4.90 Å². The van der Waals surface area contributed by atoms with Crippen molar-refractivity contribution in [3.63, 3.8) is 0 Å². The molecule has 2 aliphatic rings. The first-order valence-electron chi connectivity index (χ1n) is 7.63. The fraction of sp³-hybridized carbons (Fsp3) is 0.846. The predicted octanol–water partition coefficient (Wildman–Crippen LogP) is 0.435. The molecule has 0 unspecified atom stereocenters. The highest BCUT2D eigenvalue weighted by Crippen LogP contribution is 2.27. The van der Waals surface area contributed by atoms with Gasteiger partial charge in [0.15, 0.2) is 5.82 Å². The highest BCUT2D eigenvalue weighted by Gasteiger charge is 2.26. The van der Waals surface area contributed by atoms with E-state index in [9.17, 15) is 8.42 Å². The fourth-order valence-electron chi connectivity index (χ4n) is 2.95. The van der Waals surface area contributed by atoms with Gasteiger partial charge in [-0.1, -0.05) is 5.16 Å². The van der Waals surface area contributed by atoms with Gasteiger partial charge in [-0.05, 0) is 25.7 Å². The molecule has 1 aromatic rings. The Kier molecular flexibility index (Phi) is 4.76. The van der Waals surface area contributed by atoms with Crippen LogP contribution in [0.15, 0.2) is 4.52 Å². The first kappa shape index (κ1) is 15.9. The Labute approximate surface area is 130 Å². The van der Waals surface area contributed by atoms with Crippen molar-refractivity contribution in [2.75, 3.05) is 26.0 Å². The Morgan fingerprint density at radius 3 is 2.73 bits per heavy atom. The Morgan fingerprint density at radius 1 is 1.32 bits per heavy atom. The van der Waals surface area contributed by atoms with Crippen molar-refractivity contribution in [2.45, 2.75) is 44.4 Å². The Balaban J connectivity index is 1.48. The minimum atomic E-state index is -3.13. The van der Waals surface area contributed by atoms with Gasteiger partial charge < -0.3 is 9.26 Å². The van der Waals surface area contributed by atoms with E-state index in [1.54, 1.807) is 0 Å². The average Bonchev–Trinajstić information content (AvgIpc) is 3.10. The number of likely N-dealkylation sites (tertiary alicyclic amines) is 1. The van der Waals surface area contributed by atoms with E-state index in [4.69, 9.17) is 9.26 Å². The molecule has 22 heavy (non-hydrogen) atoms. The fourth-order valence-corrected chi connectivity index (χ4v) is 3.79. The van der Waals surface area contributed by atoms with Gasteiger partial charge >= 0.3 is 0 Å². The zero-order chi connectivity index (χ0) is 15.6. The molecule has 3 heterocycles. The Bertz CT molecular complexity index is 589. The highest BCUT2D eigenvalue weighted by molar-refractivity contribution is 7.88. The molecule has 124 valence electrons. The normalized spacial score (nSPS) is 24.9. The molecule has 2 aliphatic heterocycles. The number of piperidine rings is 1. The zero-order valence-corrected chi connectivity index (χ0v) is 13.5. The van der Waals surface area contributed by atoms with E-state index in [0.717, 1.165) is 45.4 Å². The summed E-state index contributed by atoms with van der Waals surface area (Å²) in [6, 6.07) is 0.0268. The molecule has 8 nitrogen and oxygen atoms in total. The van der Waals surface area contributed by atoms with Crippen LogP contribution in [0.4, 0.5) is 0 Å². The summed E-state index contributed by atoms with van der Waals surface area (Å²) in [4.78, 5) is 6.62. The van der Waals surface area contributed by atoms with Crippen LogP contribution in [0.2, 0.25) is 0 Å². The molecule has 2 saturated heterocycles. The molecule has 0 saturated carbocycles. The molecule has 0 radical (unpaired) electrons. The van der Waals surface area contributed by atoms with E-state index in [2.05, 4.69) is 19.8 Å². The zero-order valence-electron chi connectivity index (χ0n) is 12.7. The second kappa shape index (κ2) is 6.61. The first-order valence-corrected chi connectivity index (χ1v) is 9.52. The number of sulfonamides is 1. The molecule has 0 aliphatic carbocycles. The predicted molar refractivity (Wildman–Crippen MR) is 78.5 cm³/mol. The Morgan fingerprint density at radius 2 is 2.09 bits per heavy atom. The minimum absolute atomic E-state index is 0.0268. The number of rotatable bonds is 5. The third-order valence-corrected chi connectivity index (χ3v) is 4.78. The van der Waals surface area contributed by atoms with Crippen LogP contribution in [0, 0.1) is 0 Å². The van der Waals surface area contributed by atoms with Crippen molar-refractivity contribution >= 4 is 10.0 Å². The molecule has 3 rings (SSSR count). The van der Waals surface area contributed by atoms with Gasteiger partial charge in [0.25, 0.3) is 5.89 Å². The summed E-state index contributed by atoms with van der Waals surface area (Å²) < 4.78 is 35.9. The molecule has 9 heteroatoms. The molecule has 1 atom stereocenters. The van der Waals surface area contributed by atoms with Crippen LogP contribution in [0.5, 0.6) is 0 Å². The van der Waals surface area contributed by atoms with Gasteiger partial charge in [-0.25, -0.2) is 13.1 Å². The lowest BCUT2D eigenvalue weighted by atomic mass is 10.1. The molecular weight excluding hydrogens is 308 g/mol. The maximum absolute atomic E-state index is 11.2. The van der Waals surface area contributed by atoms with E-state index in [0.29, 0.717) is 18.3 Å². The Hall–Kier alpha value is -1.03. The largest absolute Gasteiger partial charge is 0.368 e. The van der Waals surface area contributed by atoms with Gasteiger partial charge in [0, 0.05) is 25.7 Å². The van der Waals surface area contributed by atoms with Gasteiger partial charge in [0.05, 0.1) is 12.8 Å². The third-order valence-electron chi connectivity index (χ3n) is 4.02. The van der Waals surface area contributed by atoms with Gasteiger partial charge in [0.1, 0.15) is 6.10 Å². The molecule has 0 bridgehead atoms. The SMILES string of the molecule is CS(=O)(=O)NC1CCN(Cc2noc([C@H]3CCCO3)n2)CC1. The summed E-state index contributed by atoms with van der Waals surface area (Å²) in [6.07, 6.45) is 4.71. The number of ether oxygens (including phenoxy) is 1. The molecule has 0 amide bonds. The van der Waals surface area contributed by atoms with E-state index in [1.807, 2.05) is 0 Å². The van der Waals surface area contributed by atoms with Crippen LogP contribution in [-0.4, -0.2) is 55.5 Å². The molecule has 1 aromatic heterocycles. The molecule has 0 spiro atoms. The number of nitrogens with zero attached hydrogens (tertiary/aromatic N) is 3. The standard InChI is InChI=1S/C13H22N4O4S/c1-22(18,19)16-10-4-6-17(7-5-10)9-12-14-13(21-15-12)11-3-2-8-20-11/h10-11,16H,2-9H2,1H3/t11-/m1/s1. The third kappa shape index (κ3) is 4.25. The van der Waals surface area contributed by atoms with Crippen LogP contribution in [0.1, 0.15) is 43.5 Å². The van der Waals surface area contributed by atoms with Crippen molar-refractivity contribution in [2.24, 2.45) is 0 Å². The molecule has 1 N–H and O–H groups in total. The number of hydrogen-bond acceptors (Lipinski definition) is 7. The van der Waals surface area contributed by atoms with Gasteiger partial charge in [0.2, 0.25) is 10.0 Å². The van der Waals surface area contributed by atoms with Crippen molar-refractivity contribution in [3.05, 3.63) is 11.7 Å². The summed E-state index contributed by atoms with van der Waals surface area (Å²) in [6.45, 7) is 3.01. The van der Waals surface area contributed by atoms with Crippen LogP contribution >= 0.6 is 0 Å². The monoisotopic (exact) mass is 330 g/mol. The maximum atomic E-state index is 11.2. The smallest absolute Gasteiger partial charge is 0.255 e. The van der Waals surface area contributed by atoms with Crippen LogP contribution < -0.4 is 4.72 Å². The summed E-state index contributed by atoms with van der Waals surface area (Å²) in [5.74, 6) is 1.24. The van der Waals surface area contributed by atoms with Crippen LogP contribution in [0.3, 0.4) is 0 Å². The van der Waals surface area contributed by atoms with Crippen molar-refractivity contribution < 1.29 is 17.7 Å². The quantitative estimate of drug-likeness (QED) is 0.836. The highest BCUT2D eigenvalue weighted by atomic mass is 32.2. The van der Waals surface area contributed by atoms with Crippen molar-refractivity contribution in [1.82, 2.24) is 19.8 Å². The lowest BCUT2D eigenvalue weighted by Gasteiger charge is -2.30. The number of nitrogens with one attached hydrogen (secondary N) is 1. The summed E-state index contributed by atoms with van der Waals surface area (Å²) >= 11 is 0. The topological polar surface area (TPSA) is 97.6 Å². The van der Waals surface area contributed by atoms with Crippen molar-refractivity contribution in [3.8, 4) is 0 Å². The lowest BCUT2D eigenvalue weighted by molar-refractivity contribution is 0.0835. The first-order chi connectivity index (χ1) is 10.5. The maximum Gasteiger partial charge on any atom is 0.255 e. The molecular formula is C13H22N4O4S. The van der Waals surface area contributed by atoms with E-state index < -0.39 is 10.0 Å². The lowest BCUT2D eigenvalue weighted by Crippen LogP contribution is -2.44. The average molecular weight is 330 g/mol. The minimum Gasteiger partial charge on any atom is -0.368 e. The van der Waals surface area contributed by atoms with Crippen molar-refractivity contribution in [1.29, 1.82) is 0 Å². The van der Waals surface area contributed by atoms with Crippen LogP contribution in [0.25, 0.3) is 0 Å². The summed E-state index contributed by atoms with van der Waals surface area (Å²) in [7, 11) is -3.13. The molecule has 2 fully saturated rings. The van der Waals surface area contributed by atoms with E-state index in [1.165, 1.54) is 6.26 Å². The second-order valence-electron chi connectivity index (χ2n) is 5.99. The second-order valence-corrected chi connectivity index (χ2v) is 7.77. The number of hydrogen-bond donors (Lipinski definition) is 1. The van der Waals surface area contributed by atoms with Gasteiger partial charge in [-0.2, -0.15) is 4.98 Å². The summed E-state index contributed by atoms with van der Waals surface area (Å²) in [5.41, 5.74) is 0. The molecule has 0 aromatic carbocycles. The van der Waals surface area contributed by atoms with Gasteiger partial charge in [-0.15, -0.1) is 0 Å². The summed E-state index contributed by atoms with van der Waals surface area (Å²) in [5, 5.41) is 4.01. The number of aromatic nitrogens is 2. The van der Waals surface area contributed by atoms with E-state index in [-0.39, 0.29) is 12.1 Å². The van der Waals surface area contributed by atoms with E-state index >= 15 is 0 Å².